The fourth-order valence-corrected chi connectivity index (χ4v) is 2.99. The molecular weight excluding hydrogens is 270 g/mol. The number of nitrogens with one attached hydrogen (secondary N) is 1. The molecule has 0 amide bonds. The van der Waals surface area contributed by atoms with Crippen LogP contribution in [0.5, 0.6) is 0 Å². The molecular formula is C15H19N3OS. The molecule has 0 bridgehead atoms. The van der Waals surface area contributed by atoms with E-state index in [4.69, 9.17) is 4.52 Å². The van der Waals surface area contributed by atoms with Gasteiger partial charge in [0, 0.05) is 23.0 Å². The molecule has 0 aliphatic carbocycles. The van der Waals surface area contributed by atoms with Crippen molar-refractivity contribution in [3.63, 3.8) is 0 Å². The molecule has 1 aliphatic heterocycles. The van der Waals surface area contributed by atoms with Crippen LogP contribution in [0.2, 0.25) is 0 Å². The van der Waals surface area contributed by atoms with Gasteiger partial charge < -0.3 is 9.84 Å². The van der Waals surface area contributed by atoms with Gasteiger partial charge in [-0.3, -0.25) is 0 Å². The minimum atomic E-state index is 0.624. The van der Waals surface area contributed by atoms with Crippen LogP contribution in [0.3, 0.4) is 0 Å². The summed E-state index contributed by atoms with van der Waals surface area (Å²) < 4.78 is 5.38. The van der Waals surface area contributed by atoms with Gasteiger partial charge in [-0.05, 0) is 36.6 Å². The van der Waals surface area contributed by atoms with E-state index in [1.54, 1.807) is 0 Å². The van der Waals surface area contributed by atoms with Gasteiger partial charge in [0.05, 0.1) is 5.75 Å². The van der Waals surface area contributed by atoms with E-state index in [2.05, 4.69) is 41.4 Å². The third-order valence-electron chi connectivity index (χ3n) is 3.60. The minimum Gasteiger partial charge on any atom is -0.384 e. The summed E-state index contributed by atoms with van der Waals surface area (Å²) in [6.45, 7) is 5.43. The van der Waals surface area contributed by atoms with Crippen LogP contribution < -0.4 is 5.32 Å². The van der Waals surface area contributed by atoms with E-state index in [-0.39, 0.29) is 0 Å². The van der Waals surface area contributed by atoms with Gasteiger partial charge in [0.2, 0.25) is 0 Å². The molecule has 1 atom stereocenters. The highest BCUT2D eigenvalue weighted by molar-refractivity contribution is 7.99. The summed E-state index contributed by atoms with van der Waals surface area (Å²) in [6, 6.07) is 6.28. The fraction of sp³-hybridized carbons (Fsp3) is 0.467. The van der Waals surface area contributed by atoms with Gasteiger partial charge in [-0.25, -0.2) is 0 Å². The molecule has 0 saturated heterocycles. The van der Waals surface area contributed by atoms with Crippen LogP contribution in [0, 0.1) is 0 Å². The van der Waals surface area contributed by atoms with Crippen molar-refractivity contribution >= 4 is 17.4 Å². The van der Waals surface area contributed by atoms with Crippen molar-refractivity contribution in [3.8, 4) is 11.5 Å². The van der Waals surface area contributed by atoms with Crippen LogP contribution in [0.4, 0.5) is 5.69 Å². The summed E-state index contributed by atoms with van der Waals surface area (Å²) in [5.74, 6) is 2.22. The number of anilines is 1. The molecule has 2 heterocycles. The second-order valence-corrected chi connectivity index (χ2v) is 6.52. The number of hydrogen-bond acceptors (Lipinski definition) is 5. The van der Waals surface area contributed by atoms with Crippen LogP contribution in [0.15, 0.2) is 22.7 Å². The number of rotatable bonds is 5. The molecule has 0 fully saturated rings. The Morgan fingerprint density at radius 2 is 2.35 bits per heavy atom. The van der Waals surface area contributed by atoms with E-state index in [0.29, 0.717) is 11.1 Å². The van der Waals surface area contributed by atoms with Crippen LogP contribution in [-0.4, -0.2) is 21.9 Å². The lowest BCUT2D eigenvalue weighted by molar-refractivity contribution is 0.425. The normalized spacial score (nSPS) is 14.9. The Balaban J connectivity index is 1.73. The van der Waals surface area contributed by atoms with Gasteiger partial charge in [-0.15, -0.1) is 0 Å². The molecule has 2 aromatic rings. The Kier molecular flexibility index (Phi) is 3.96. The molecule has 1 unspecified atom stereocenters. The van der Waals surface area contributed by atoms with E-state index in [1.165, 1.54) is 11.3 Å². The van der Waals surface area contributed by atoms with Gasteiger partial charge in [-0.2, -0.15) is 16.7 Å². The van der Waals surface area contributed by atoms with Crippen molar-refractivity contribution in [2.24, 2.45) is 0 Å². The molecule has 0 radical (unpaired) electrons. The first kappa shape index (κ1) is 13.5. The average Bonchev–Trinajstić information content (AvgIpc) is 3.12. The Morgan fingerprint density at radius 1 is 1.45 bits per heavy atom. The lowest BCUT2D eigenvalue weighted by Crippen LogP contribution is -1.94. The Bertz CT molecular complexity index is 597. The molecule has 5 heteroatoms. The molecule has 1 aliphatic rings. The highest BCUT2D eigenvalue weighted by Gasteiger charge is 2.14. The third kappa shape index (κ3) is 2.82. The second kappa shape index (κ2) is 5.87. The first-order valence-corrected chi connectivity index (χ1v) is 8.12. The van der Waals surface area contributed by atoms with Crippen molar-refractivity contribution < 1.29 is 4.52 Å². The van der Waals surface area contributed by atoms with Crippen LogP contribution in [0.1, 0.15) is 31.7 Å². The molecule has 0 spiro atoms. The maximum atomic E-state index is 5.38. The highest BCUT2D eigenvalue weighted by atomic mass is 32.2. The van der Waals surface area contributed by atoms with Crippen LogP contribution in [0.25, 0.3) is 11.5 Å². The monoisotopic (exact) mass is 289 g/mol. The zero-order valence-electron chi connectivity index (χ0n) is 11.8. The molecule has 1 aromatic carbocycles. The van der Waals surface area contributed by atoms with Crippen molar-refractivity contribution in [1.29, 1.82) is 0 Å². The number of hydrogen-bond donors (Lipinski definition) is 1. The maximum absolute atomic E-state index is 5.38. The number of fused-ring (bicyclic) bond motifs is 1. The predicted octanol–water partition coefficient (Wildman–Crippen LogP) is 3.74. The van der Waals surface area contributed by atoms with Gasteiger partial charge in [0.25, 0.3) is 5.89 Å². The number of benzene rings is 1. The van der Waals surface area contributed by atoms with Crippen LogP contribution in [-0.2, 0) is 12.2 Å². The molecule has 1 aromatic heterocycles. The second-order valence-electron chi connectivity index (χ2n) is 5.09. The van der Waals surface area contributed by atoms with Gasteiger partial charge in [-0.1, -0.05) is 19.0 Å². The SMILES string of the molecule is CCC(C)SCc1noc(-c2ccc3c(c2)CCN3)n1. The Labute approximate surface area is 123 Å². The van der Waals surface area contributed by atoms with Crippen molar-refractivity contribution in [1.82, 2.24) is 10.1 Å². The first-order valence-electron chi connectivity index (χ1n) is 7.07. The fourth-order valence-electron chi connectivity index (χ4n) is 2.20. The Morgan fingerprint density at radius 3 is 3.20 bits per heavy atom. The molecule has 3 rings (SSSR count). The summed E-state index contributed by atoms with van der Waals surface area (Å²) in [6.07, 6.45) is 2.22. The van der Waals surface area contributed by atoms with E-state index in [9.17, 15) is 0 Å². The summed E-state index contributed by atoms with van der Waals surface area (Å²) in [7, 11) is 0. The van der Waals surface area contributed by atoms with Crippen molar-refractivity contribution in [2.75, 3.05) is 11.9 Å². The maximum Gasteiger partial charge on any atom is 0.257 e. The molecule has 20 heavy (non-hydrogen) atoms. The summed E-state index contributed by atoms with van der Waals surface area (Å²) >= 11 is 1.86. The lowest BCUT2D eigenvalue weighted by Gasteiger charge is -2.04. The van der Waals surface area contributed by atoms with Gasteiger partial charge >= 0.3 is 0 Å². The molecule has 106 valence electrons. The molecule has 4 nitrogen and oxygen atoms in total. The lowest BCUT2D eigenvalue weighted by atomic mass is 10.1. The first-order chi connectivity index (χ1) is 9.76. The largest absolute Gasteiger partial charge is 0.384 e. The predicted molar refractivity (Wildman–Crippen MR) is 83.0 cm³/mol. The Hall–Kier alpha value is -1.49. The highest BCUT2D eigenvalue weighted by Crippen LogP contribution is 2.28. The quantitative estimate of drug-likeness (QED) is 0.908. The molecule has 1 N–H and O–H groups in total. The van der Waals surface area contributed by atoms with Crippen LogP contribution >= 0.6 is 11.8 Å². The average molecular weight is 289 g/mol. The number of thioether (sulfide) groups is 1. The smallest absolute Gasteiger partial charge is 0.257 e. The van der Waals surface area contributed by atoms with E-state index in [1.807, 2.05) is 17.8 Å². The standard InChI is InChI=1S/C15H19N3OS/c1-3-10(2)20-9-14-17-15(19-18-14)12-4-5-13-11(8-12)6-7-16-13/h4-5,8,10,16H,3,6-7,9H2,1-2H3. The van der Waals surface area contributed by atoms with E-state index < -0.39 is 0 Å². The number of nitrogens with zero attached hydrogens (tertiary/aromatic N) is 2. The van der Waals surface area contributed by atoms with Crippen molar-refractivity contribution in [3.05, 3.63) is 29.6 Å². The zero-order chi connectivity index (χ0) is 13.9. The van der Waals surface area contributed by atoms with E-state index in [0.717, 1.165) is 36.5 Å². The van der Waals surface area contributed by atoms with Crippen molar-refractivity contribution in [2.45, 2.75) is 37.7 Å². The topological polar surface area (TPSA) is 51.0 Å². The zero-order valence-corrected chi connectivity index (χ0v) is 12.7. The summed E-state index contributed by atoms with van der Waals surface area (Å²) in [5.41, 5.74) is 3.57. The third-order valence-corrected chi connectivity index (χ3v) is 4.93. The van der Waals surface area contributed by atoms with E-state index >= 15 is 0 Å². The van der Waals surface area contributed by atoms with Gasteiger partial charge in [0.15, 0.2) is 5.82 Å². The summed E-state index contributed by atoms with van der Waals surface area (Å²) in [5, 5.41) is 8.05. The summed E-state index contributed by atoms with van der Waals surface area (Å²) in [4.78, 5) is 4.49. The van der Waals surface area contributed by atoms with Gasteiger partial charge in [0.1, 0.15) is 0 Å². The minimum absolute atomic E-state index is 0.624. The molecule has 0 saturated carbocycles. The number of aromatic nitrogens is 2.